The van der Waals surface area contributed by atoms with E-state index >= 15 is 0 Å². The maximum Gasteiger partial charge on any atom is 0.407 e. The highest BCUT2D eigenvalue weighted by atomic mass is 35.5. The van der Waals surface area contributed by atoms with Gasteiger partial charge in [-0.2, -0.15) is 17.9 Å². The molecule has 0 heterocycles. The fourth-order valence-corrected chi connectivity index (χ4v) is 4.44. The largest absolute Gasteiger partial charge is 0.407 e. The van der Waals surface area contributed by atoms with Crippen LogP contribution in [0.25, 0.3) is 6.08 Å². The Balaban J connectivity index is 1.99. The van der Waals surface area contributed by atoms with Crippen LogP contribution >= 0.6 is 11.6 Å². The fraction of sp³-hybridized carbons (Fsp3) is 0.167. The number of rotatable bonds is 8. The third-order valence-corrected chi connectivity index (χ3v) is 6.58. The SMILES string of the molecule is Cc1ccc(S(=O)(=O)N[C@H]([C@H](/C=C/c2ccc(F)cc2)Nc2ccc(Cl)cc2)C(F)(F)F)cc1. The summed E-state index contributed by atoms with van der Waals surface area (Å²) < 4.78 is 83.0. The van der Waals surface area contributed by atoms with Crippen LogP contribution < -0.4 is 10.0 Å². The van der Waals surface area contributed by atoms with Crippen LogP contribution in [-0.2, 0) is 10.0 Å². The Kier molecular flexibility index (Phi) is 8.01. The molecule has 0 spiro atoms. The Hall–Kier alpha value is -2.88. The van der Waals surface area contributed by atoms with Crippen molar-refractivity contribution in [3.8, 4) is 0 Å². The van der Waals surface area contributed by atoms with Gasteiger partial charge in [0.25, 0.3) is 0 Å². The number of sulfonamides is 1. The summed E-state index contributed by atoms with van der Waals surface area (Å²) >= 11 is 5.86. The molecule has 0 bridgehead atoms. The number of alkyl halides is 3. The first-order chi connectivity index (χ1) is 15.9. The molecule has 34 heavy (non-hydrogen) atoms. The zero-order valence-electron chi connectivity index (χ0n) is 17.9. The molecule has 0 aliphatic rings. The predicted octanol–water partition coefficient (Wildman–Crippen LogP) is 6.19. The molecule has 0 saturated carbocycles. The summed E-state index contributed by atoms with van der Waals surface area (Å²) in [5, 5.41) is 3.10. The van der Waals surface area contributed by atoms with E-state index in [1.807, 2.05) is 0 Å². The normalized spacial score (nSPS) is 14.2. The average Bonchev–Trinajstić information content (AvgIpc) is 2.77. The number of hydrogen-bond acceptors (Lipinski definition) is 3. The molecule has 3 aromatic rings. The standard InChI is InChI=1S/C24H21ClF4N2O2S/c1-16-2-13-21(14-3-16)34(32,33)31-23(24(27,28)29)22(30-20-11-7-18(25)8-12-20)15-6-17-4-9-19(26)10-5-17/h2-15,22-23,30-31H,1H3/b15-6+/t22-,23+/m0/s1. The number of benzene rings is 3. The number of hydrogen-bond donors (Lipinski definition) is 2. The zero-order valence-corrected chi connectivity index (χ0v) is 19.4. The summed E-state index contributed by atoms with van der Waals surface area (Å²) in [6.07, 6.45) is -2.42. The number of aryl methyl sites for hydroxylation is 1. The molecule has 3 aromatic carbocycles. The first kappa shape index (κ1) is 25.7. The summed E-state index contributed by atoms with van der Waals surface area (Å²) in [7, 11) is -4.51. The number of nitrogens with one attached hydrogen (secondary N) is 2. The minimum atomic E-state index is -4.95. The molecule has 2 atom stereocenters. The highest BCUT2D eigenvalue weighted by molar-refractivity contribution is 7.89. The van der Waals surface area contributed by atoms with Crippen molar-refractivity contribution in [1.82, 2.24) is 4.72 Å². The molecule has 10 heteroatoms. The second-order valence-electron chi connectivity index (χ2n) is 7.54. The van der Waals surface area contributed by atoms with Crippen LogP contribution in [0.3, 0.4) is 0 Å². The van der Waals surface area contributed by atoms with Gasteiger partial charge in [-0.1, -0.05) is 53.6 Å². The summed E-state index contributed by atoms with van der Waals surface area (Å²) in [6.45, 7) is 1.73. The molecule has 0 radical (unpaired) electrons. The van der Waals surface area contributed by atoms with Gasteiger partial charge < -0.3 is 5.32 Å². The Labute approximate surface area is 200 Å². The lowest BCUT2D eigenvalue weighted by molar-refractivity contribution is -0.152. The lowest BCUT2D eigenvalue weighted by atomic mass is 10.1. The zero-order chi connectivity index (χ0) is 24.9. The highest BCUT2D eigenvalue weighted by Crippen LogP contribution is 2.28. The molecule has 0 saturated heterocycles. The fourth-order valence-electron chi connectivity index (χ4n) is 3.07. The minimum Gasteiger partial charge on any atom is -0.377 e. The van der Waals surface area contributed by atoms with Gasteiger partial charge in [0.1, 0.15) is 11.9 Å². The second kappa shape index (κ2) is 10.6. The van der Waals surface area contributed by atoms with Gasteiger partial charge in [-0.25, -0.2) is 12.8 Å². The molecule has 4 nitrogen and oxygen atoms in total. The van der Waals surface area contributed by atoms with Crippen LogP contribution in [0.2, 0.25) is 5.02 Å². The van der Waals surface area contributed by atoms with Gasteiger partial charge in [0, 0.05) is 10.7 Å². The van der Waals surface area contributed by atoms with Crippen LogP contribution in [0.5, 0.6) is 0 Å². The highest BCUT2D eigenvalue weighted by Gasteiger charge is 2.46. The maximum atomic E-state index is 14.2. The van der Waals surface area contributed by atoms with Gasteiger partial charge in [-0.05, 0) is 61.0 Å². The van der Waals surface area contributed by atoms with Gasteiger partial charge in [0.05, 0.1) is 10.9 Å². The van der Waals surface area contributed by atoms with E-state index in [0.717, 1.165) is 5.56 Å². The van der Waals surface area contributed by atoms with Crippen LogP contribution in [-0.4, -0.2) is 26.7 Å². The smallest absolute Gasteiger partial charge is 0.377 e. The lowest BCUT2D eigenvalue weighted by Crippen LogP contribution is -2.54. The Morgan fingerprint density at radius 2 is 1.50 bits per heavy atom. The maximum absolute atomic E-state index is 14.2. The van der Waals surface area contributed by atoms with Crippen molar-refractivity contribution >= 4 is 33.4 Å². The van der Waals surface area contributed by atoms with Crippen LogP contribution in [0, 0.1) is 12.7 Å². The molecular weight excluding hydrogens is 492 g/mol. The van der Waals surface area contributed by atoms with Crippen molar-refractivity contribution < 1.29 is 26.0 Å². The Bertz CT molecular complexity index is 1230. The summed E-state index contributed by atoms with van der Waals surface area (Å²) in [6, 6.07) is 12.4. The minimum absolute atomic E-state index is 0.292. The van der Waals surface area contributed by atoms with Gasteiger partial charge >= 0.3 is 6.18 Å². The third kappa shape index (κ3) is 7.06. The molecule has 0 amide bonds. The summed E-state index contributed by atoms with van der Waals surface area (Å²) in [5.74, 6) is -0.494. The topological polar surface area (TPSA) is 58.2 Å². The van der Waals surface area contributed by atoms with Crippen molar-refractivity contribution in [3.63, 3.8) is 0 Å². The van der Waals surface area contributed by atoms with E-state index in [2.05, 4.69) is 5.32 Å². The molecule has 0 fully saturated rings. The van der Waals surface area contributed by atoms with E-state index in [0.29, 0.717) is 16.3 Å². The Morgan fingerprint density at radius 3 is 2.06 bits per heavy atom. The van der Waals surface area contributed by atoms with Crippen molar-refractivity contribution in [2.24, 2.45) is 0 Å². The van der Waals surface area contributed by atoms with E-state index in [4.69, 9.17) is 11.6 Å². The average molecular weight is 513 g/mol. The molecule has 3 rings (SSSR count). The number of halogens is 5. The van der Waals surface area contributed by atoms with Crippen LogP contribution in [0.1, 0.15) is 11.1 Å². The molecule has 180 valence electrons. The van der Waals surface area contributed by atoms with E-state index in [1.54, 1.807) is 11.6 Å². The van der Waals surface area contributed by atoms with Crippen molar-refractivity contribution in [3.05, 3.63) is 101 Å². The van der Waals surface area contributed by atoms with Crippen LogP contribution in [0.4, 0.5) is 23.2 Å². The lowest BCUT2D eigenvalue weighted by Gasteiger charge is -2.29. The van der Waals surface area contributed by atoms with E-state index in [1.165, 1.54) is 84.9 Å². The third-order valence-electron chi connectivity index (χ3n) is 4.87. The summed E-state index contributed by atoms with van der Waals surface area (Å²) in [5.41, 5.74) is 1.49. The van der Waals surface area contributed by atoms with Gasteiger partial charge in [0.15, 0.2) is 0 Å². The Morgan fingerprint density at radius 1 is 0.912 bits per heavy atom. The first-order valence-corrected chi connectivity index (χ1v) is 11.9. The molecule has 2 N–H and O–H groups in total. The molecule has 0 aliphatic heterocycles. The van der Waals surface area contributed by atoms with E-state index < -0.39 is 34.1 Å². The monoisotopic (exact) mass is 512 g/mol. The van der Waals surface area contributed by atoms with Crippen LogP contribution in [0.15, 0.2) is 83.8 Å². The molecular formula is C24H21ClF4N2O2S. The first-order valence-electron chi connectivity index (χ1n) is 10.1. The molecule has 0 unspecified atom stereocenters. The molecule has 0 aliphatic carbocycles. The van der Waals surface area contributed by atoms with Gasteiger partial charge in [-0.15, -0.1) is 0 Å². The van der Waals surface area contributed by atoms with Crippen molar-refractivity contribution in [1.29, 1.82) is 0 Å². The summed E-state index contributed by atoms with van der Waals surface area (Å²) in [4.78, 5) is -0.292. The van der Waals surface area contributed by atoms with Gasteiger partial charge in [0.2, 0.25) is 10.0 Å². The quantitative estimate of drug-likeness (QED) is 0.354. The number of anilines is 1. The van der Waals surface area contributed by atoms with E-state index in [-0.39, 0.29) is 4.90 Å². The predicted molar refractivity (Wildman–Crippen MR) is 126 cm³/mol. The van der Waals surface area contributed by atoms with Crippen molar-refractivity contribution in [2.75, 3.05) is 5.32 Å². The second-order valence-corrected chi connectivity index (χ2v) is 9.69. The van der Waals surface area contributed by atoms with Gasteiger partial charge in [-0.3, -0.25) is 0 Å². The van der Waals surface area contributed by atoms with E-state index in [9.17, 15) is 26.0 Å². The molecule has 0 aromatic heterocycles. The van der Waals surface area contributed by atoms with Crippen molar-refractivity contribution in [2.45, 2.75) is 30.1 Å².